The van der Waals surface area contributed by atoms with E-state index in [1.54, 1.807) is 19.1 Å². The van der Waals surface area contributed by atoms with Crippen molar-refractivity contribution >= 4 is 34.8 Å². The Morgan fingerprint density at radius 1 is 1.10 bits per heavy atom. The molecule has 0 aliphatic heterocycles. The average molecular weight is 316 g/mol. The summed E-state index contributed by atoms with van der Waals surface area (Å²) in [5.74, 6) is -2.04. The van der Waals surface area contributed by atoms with Crippen LogP contribution in [0.3, 0.4) is 0 Å². The van der Waals surface area contributed by atoms with Gasteiger partial charge in [-0.3, -0.25) is 4.79 Å². The maximum absolute atomic E-state index is 13.8. The first-order chi connectivity index (χ1) is 9.40. The number of carbonyl (C=O) groups excluding carboxylic acids is 1. The van der Waals surface area contributed by atoms with Gasteiger partial charge in [-0.2, -0.15) is 0 Å². The summed E-state index contributed by atoms with van der Waals surface area (Å²) in [5, 5.41) is 1.97. The highest BCUT2D eigenvalue weighted by Gasteiger charge is 2.15. The topological polar surface area (TPSA) is 29.1 Å². The third kappa shape index (κ3) is 2.92. The van der Waals surface area contributed by atoms with Gasteiger partial charge >= 0.3 is 0 Å². The third-order valence-corrected chi connectivity index (χ3v) is 3.23. The first kappa shape index (κ1) is 14.8. The van der Waals surface area contributed by atoms with E-state index in [0.29, 0.717) is 5.56 Å². The second-order valence-electron chi connectivity index (χ2n) is 4.14. The number of rotatable bonds is 2. The van der Waals surface area contributed by atoms with E-state index in [0.717, 1.165) is 0 Å². The highest BCUT2D eigenvalue weighted by molar-refractivity contribution is 6.35. The molecule has 0 aliphatic carbocycles. The standard InChI is InChI=1S/C14H9Cl2F2NO/c1-7-3-2-4-9(12(7)17)14(20)19-8-5-10(15)13(18)11(16)6-8/h2-6H,1H3,(H,19,20). The minimum Gasteiger partial charge on any atom is -0.322 e. The van der Waals surface area contributed by atoms with Gasteiger partial charge in [0.15, 0.2) is 5.82 Å². The molecule has 2 aromatic rings. The van der Waals surface area contributed by atoms with Crippen molar-refractivity contribution in [1.82, 2.24) is 0 Å². The Balaban J connectivity index is 2.30. The predicted molar refractivity (Wildman–Crippen MR) is 75.5 cm³/mol. The van der Waals surface area contributed by atoms with Gasteiger partial charge in [-0.1, -0.05) is 35.3 Å². The summed E-state index contributed by atoms with van der Waals surface area (Å²) in [6.45, 7) is 1.55. The van der Waals surface area contributed by atoms with Crippen LogP contribution in [0, 0.1) is 18.6 Å². The van der Waals surface area contributed by atoms with Crippen LogP contribution in [0.4, 0.5) is 14.5 Å². The van der Waals surface area contributed by atoms with E-state index < -0.39 is 17.5 Å². The summed E-state index contributed by atoms with van der Waals surface area (Å²) < 4.78 is 27.1. The Hall–Kier alpha value is -1.65. The van der Waals surface area contributed by atoms with E-state index in [2.05, 4.69) is 5.32 Å². The van der Waals surface area contributed by atoms with Gasteiger partial charge in [0.1, 0.15) is 5.82 Å². The number of nitrogens with one attached hydrogen (secondary N) is 1. The zero-order valence-corrected chi connectivity index (χ0v) is 11.8. The summed E-state index contributed by atoms with van der Waals surface area (Å²) in [4.78, 5) is 12.0. The molecule has 0 aromatic heterocycles. The van der Waals surface area contributed by atoms with Crippen LogP contribution >= 0.6 is 23.2 Å². The Bertz CT molecular complexity index is 666. The van der Waals surface area contributed by atoms with Crippen molar-refractivity contribution in [2.45, 2.75) is 6.92 Å². The Labute approximate surface area is 124 Å². The number of anilines is 1. The van der Waals surface area contributed by atoms with Crippen LogP contribution in [0.25, 0.3) is 0 Å². The summed E-state index contributed by atoms with van der Waals surface area (Å²) >= 11 is 11.2. The van der Waals surface area contributed by atoms with Crippen LogP contribution in [0.15, 0.2) is 30.3 Å². The van der Waals surface area contributed by atoms with Crippen molar-refractivity contribution < 1.29 is 13.6 Å². The minimum absolute atomic E-state index is 0.110. The van der Waals surface area contributed by atoms with E-state index >= 15 is 0 Å². The second kappa shape index (κ2) is 5.77. The van der Waals surface area contributed by atoms with Crippen LogP contribution < -0.4 is 5.32 Å². The van der Waals surface area contributed by atoms with Gasteiger partial charge in [0.05, 0.1) is 15.6 Å². The molecule has 104 valence electrons. The normalized spacial score (nSPS) is 10.4. The number of aryl methyl sites for hydroxylation is 1. The summed E-state index contributed by atoms with van der Waals surface area (Å²) in [7, 11) is 0. The smallest absolute Gasteiger partial charge is 0.258 e. The fourth-order valence-corrected chi connectivity index (χ4v) is 2.14. The van der Waals surface area contributed by atoms with E-state index in [1.165, 1.54) is 18.2 Å². The van der Waals surface area contributed by atoms with Gasteiger partial charge in [0.25, 0.3) is 5.91 Å². The molecule has 2 nitrogen and oxygen atoms in total. The van der Waals surface area contributed by atoms with Crippen molar-refractivity contribution in [3.05, 3.63) is 63.1 Å². The summed E-state index contributed by atoms with van der Waals surface area (Å²) in [6, 6.07) is 6.88. The fraction of sp³-hybridized carbons (Fsp3) is 0.0714. The molecule has 6 heteroatoms. The Morgan fingerprint density at radius 2 is 1.70 bits per heavy atom. The van der Waals surface area contributed by atoms with E-state index in [-0.39, 0.29) is 21.3 Å². The average Bonchev–Trinajstić information content (AvgIpc) is 2.39. The quantitative estimate of drug-likeness (QED) is 0.790. The molecule has 0 heterocycles. The molecule has 2 aromatic carbocycles. The Kier molecular flexibility index (Phi) is 4.26. The van der Waals surface area contributed by atoms with Crippen LogP contribution in [0.1, 0.15) is 15.9 Å². The molecule has 2 rings (SSSR count). The number of halogens is 4. The molecule has 0 aliphatic rings. The van der Waals surface area contributed by atoms with Crippen LogP contribution in [-0.2, 0) is 0 Å². The molecule has 1 amide bonds. The third-order valence-electron chi connectivity index (χ3n) is 2.68. The van der Waals surface area contributed by atoms with Crippen molar-refractivity contribution in [1.29, 1.82) is 0 Å². The monoisotopic (exact) mass is 315 g/mol. The first-order valence-electron chi connectivity index (χ1n) is 5.61. The maximum Gasteiger partial charge on any atom is 0.258 e. The lowest BCUT2D eigenvalue weighted by molar-refractivity contribution is 0.102. The molecule has 0 saturated carbocycles. The zero-order chi connectivity index (χ0) is 14.9. The van der Waals surface area contributed by atoms with Crippen molar-refractivity contribution in [2.75, 3.05) is 5.32 Å². The SMILES string of the molecule is Cc1cccc(C(=O)Nc2cc(Cl)c(F)c(Cl)c2)c1F. The van der Waals surface area contributed by atoms with Gasteiger partial charge in [-0.05, 0) is 30.7 Å². The van der Waals surface area contributed by atoms with E-state index in [1.807, 2.05) is 0 Å². The number of hydrogen-bond acceptors (Lipinski definition) is 1. The van der Waals surface area contributed by atoms with Gasteiger partial charge in [0, 0.05) is 5.69 Å². The highest BCUT2D eigenvalue weighted by atomic mass is 35.5. The summed E-state index contributed by atoms with van der Waals surface area (Å²) in [6.07, 6.45) is 0. The van der Waals surface area contributed by atoms with Crippen LogP contribution in [0.2, 0.25) is 10.0 Å². The van der Waals surface area contributed by atoms with Crippen molar-refractivity contribution in [2.24, 2.45) is 0 Å². The second-order valence-corrected chi connectivity index (χ2v) is 4.96. The largest absolute Gasteiger partial charge is 0.322 e. The zero-order valence-electron chi connectivity index (χ0n) is 10.3. The van der Waals surface area contributed by atoms with Gasteiger partial charge in [-0.15, -0.1) is 0 Å². The van der Waals surface area contributed by atoms with E-state index in [9.17, 15) is 13.6 Å². The summed E-state index contributed by atoms with van der Waals surface area (Å²) in [5.41, 5.74) is 0.432. The number of hydrogen-bond donors (Lipinski definition) is 1. The molecule has 0 unspecified atom stereocenters. The fourth-order valence-electron chi connectivity index (χ4n) is 1.65. The van der Waals surface area contributed by atoms with Gasteiger partial charge < -0.3 is 5.32 Å². The minimum atomic E-state index is -0.770. The number of benzene rings is 2. The van der Waals surface area contributed by atoms with Crippen LogP contribution in [-0.4, -0.2) is 5.91 Å². The lowest BCUT2D eigenvalue weighted by Crippen LogP contribution is -2.14. The molecule has 1 N–H and O–H groups in total. The molecule has 0 radical (unpaired) electrons. The molecule has 0 bridgehead atoms. The first-order valence-corrected chi connectivity index (χ1v) is 6.36. The lowest BCUT2D eigenvalue weighted by Gasteiger charge is -2.09. The molecule has 0 spiro atoms. The van der Waals surface area contributed by atoms with Gasteiger partial charge in [0.2, 0.25) is 0 Å². The molecule has 0 fully saturated rings. The predicted octanol–water partition coefficient (Wildman–Crippen LogP) is 4.83. The highest BCUT2D eigenvalue weighted by Crippen LogP contribution is 2.27. The number of carbonyl (C=O) groups is 1. The Morgan fingerprint density at radius 3 is 2.30 bits per heavy atom. The lowest BCUT2D eigenvalue weighted by atomic mass is 10.1. The van der Waals surface area contributed by atoms with Crippen molar-refractivity contribution in [3.63, 3.8) is 0 Å². The van der Waals surface area contributed by atoms with E-state index in [4.69, 9.17) is 23.2 Å². The molecule has 20 heavy (non-hydrogen) atoms. The van der Waals surface area contributed by atoms with Gasteiger partial charge in [-0.25, -0.2) is 8.78 Å². The molecular weight excluding hydrogens is 307 g/mol. The molecular formula is C14H9Cl2F2NO. The number of amides is 1. The van der Waals surface area contributed by atoms with Crippen LogP contribution in [0.5, 0.6) is 0 Å². The molecule has 0 saturated heterocycles. The maximum atomic E-state index is 13.8. The van der Waals surface area contributed by atoms with Crippen molar-refractivity contribution in [3.8, 4) is 0 Å². The molecule has 0 atom stereocenters.